The van der Waals surface area contributed by atoms with E-state index in [-0.39, 0.29) is 37.6 Å². The van der Waals surface area contributed by atoms with Gasteiger partial charge in [-0.15, -0.1) is 0 Å². The molecular weight excluding hydrogens is 522 g/mol. The van der Waals surface area contributed by atoms with Crippen LogP contribution >= 0.6 is 0 Å². The van der Waals surface area contributed by atoms with Crippen LogP contribution in [0.2, 0.25) is 0 Å². The van der Waals surface area contributed by atoms with E-state index < -0.39 is 12.2 Å². The third kappa shape index (κ3) is 9.48. The van der Waals surface area contributed by atoms with Gasteiger partial charge in [-0.25, -0.2) is 5.48 Å². The number of rotatable bonds is 13. The molecule has 4 N–H and O–H groups in total. The summed E-state index contributed by atoms with van der Waals surface area (Å²) in [7, 11) is 2.09. The number of unbranched alkanes of at least 4 members (excludes halogenated alkanes) is 1. The summed E-state index contributed by atoms with van der Waals surface area (Å²) < 4.78 is 12.9. The summed E-state index contributed by atoms with van der Waals surface area (Å²) in [6.45, 7) is 1.54. The monoisotopic (exact) mass is 561 g/mol. The van der Waals surface area contributed by atoms with Crippen LogP contribution in [0, 0.1) is 0 Å². The van der Waals surface area contributed by atoms with Crippen molar-refractivity contribution in [3.05, 3.63) is 101 Å². The number of anilines is 1. The molecule has 0 radical (unpaired) electrons. The fraction of sp³-hybridized carbons (Fsp3) is 0.375. The first-order chi connectivity index (χ1) is 19.9. The van der Waals surface area contributed by atoms with Gasteiger partial charge in [-0.3, -0.25) is 19.7 Å². The van der Waals surface area contributed by atoms with Gasteiger partial charge >= 0.3 is 0 Å². The molecule has 1 aliphatic rings. The number of carbonyl (C=O) groups is 2. The molecule has 1 fully saturated rings. The van der Waals surface area contributed by atoms with Crippen LogP contribution in [-0.2, 0) is 32.2 Å². The number of likely N-dealkylation sites (N-methyl/N-ethyl adjacent to an activating group) is 1. The average Bonchev–Trinajstić information content (AvgIpc) is 3.00. The first-order valence-corrected chi connectivity index (χ1v) is 14.0. The zero-order chi connectivity index (χ0) is 29.0. The second-order valence-corrected chi connectivity index (χ2v) is 10.4. The van der Waals surface area contributed by atoms with Gasteiger partial charge in [-0.2, -0.15) is 0 Å². The summed E-state index contributed by atoms with van der Waals surface area (Å²) in [5, 5.41) is 20.9. The van der Waals surface area contributed by atoms with E-state index in [0.29, 0.717) is 24.9 Å². The van der Waals surface area contributed by atoms with Crippen LogP contribution in [0.1, 0.15) is 66.8 Å². The fourth-order valence-electron chi connectivity index (χ4n) is 4.91. The van der Waals surface area contributed by atoms with Crippen molar-refractivity contribution in [3.8, 4) is 0 Å². The quantitative estimate of drug-likeness (QED) is 0.134. The van der Waals surface area contributed by atoms with Gasteiger partial charge in [0.25, 0.3) is 0 Å². The third-order valence-electron chi connectivity index (χ3n) is 7.07. The standard InChI is InChI=1S/C32H39N3O6/c1-35(20-23-7-3-2-4-8-23)21-28-19-29(25-13-11-24(22-36)12-14-25)41-32(40-28)26-15-17-27(18-16-26)33-30(37)9-5-6-10-31(38)34-39/h2-4,7-8,11-18,28-29,32,36,39H,5-6,9-10,19-22H2,1H3,(H,33,37)(H,34,38)/t28-,29+,32+/m1/s1. The predicted octanol–water partition coefficient (Wildman–Crippen LogP) is 4.86. The topological polar surface area (TPSA) is 120 Å². The Hall–Kier alpha value is -3.60. The number of hydrogen-bond acceptors (Lipinski definition) is 7. The highest BCUT2D eigenvalue weighted by Gasteiger charge is 2.32. The zero-order valence-corrected chi connectivity index (χ0v) is 23.4. The molecule has 3 atom stereocenters. The largest absolute Gasteiger partial charge is 0.392 e. The summed E-state index contributed by atoms with van der Waals surface area (Å²) in [4.78, 5) is 25.6. The van der Waals surface area contributed by atoms with Crippen molar-refractivity contribution in [1.29, 1.82) is 0 Å². The molecule has 0 saturated carbocycles. The molecule has 0 spiro atoms. The lowest BCUT2D eigenvalue weighted by atomic mass is 9.99. The van der Waals surface area contributed by atoms with Crippen LogP contribution in [-0.4, -0.2) is 46.7 Å². The molecule has 1 heterocycles. The number of aliphatic hydroxyl groups is 1. The molecule has 3 aromatic carbocycles. The highest BCUT2D eigenvalue weighted by molar-refractivity contribution is 5.90. The summed E-state index contributed by atoms with van der Waals surface area (Å²) in [6.07, 6.45) is 1.38. The highest BCUT2D eigenvalue weighted by Crippen LogP contribution is 2.38. The summed E-state index contributed by atoms with van der Waals surface area (Å²) in [5.41, 5.74) is 6.23. The summed E-state index contributed by atoms with van der Waals surface area (Å²) in [6, 6.07) is 25.6. The van der Waals surface area contributed by atoms with Crippen LogP contribution in [0.25, 0.3) is 0 Å². The van der Waals surface area contributed by atoms with Crippen LogP contribution in [0.5, 0.6) is 0 Å². The van der Waals surface area contributed by atoms with Crippen LogP contribution < -0.4 is 10.8 Å². The first-order valence-electron chi connectivity index (χ1n) is 14.0. The molecule has 1 aliphatic heterocycles. The van der Waals surface area contributed by atoms with Crippen LogP contribution in [0.3, 0.4) is 0 Å². The molecular formula is C32H39N3O6. The molecule has 0 unspecified atom stereocenters. The van der Waals surface area contributed by atoms with E-state index in [9.17, 15) is 14.7 Å². The second-order valence-electron chi connectivity index (χ2n) is 10.4. The Morgan fingerprint density at radius 1 is 0.854 bits per heavy atom. The Morgan fingerprint density at radius 2 is 1.51 bits per heavy atom. The van der Waals surface area contributed by atoms with Crippen molar-refractivity contribution in [2.45, 2.75) is 63.8 Å². The van der Waals surface area contributed by atoms with E-state index in [1.807, 2.05) is 66.7 Å². The number of carbonyl (C=O) groups excluding carboxylic acids is 2. The van der Waals surface area contributed by atoms with Gasteiger partial charge in [-0.1, -0.05) is 66.7 Å². The number of amides is 2. The maximum atomic E-state index is 12.3. The normalized spacial score (nSPS) is 18.7. The number of nitrogens with one attached hydrogen (secondary N) is 2. The van der Waals surface area contributed by atoms with Gasteiger partial charge < -0.3 is 19.9 Å². The molecule has 9 heteroatoms. The van der Waals surface area contributed by atoms with Crippen molar-refractivity contribution in [3.63, 3.8) is 0 Å². The Bertz CT molecular complexity index is 1240. The molecule has 0 bridgehead atoms. The molecule has 0 aliphatic carbocycles. The van der Waals surface area contributed by atoms with Crippen molar-refractivity contribution < 1.29 is 29.4 Å². The zero-order valence-electron chi connectivity index (χ0n) is 23.4. The Balaban J connectivity index is 1.40. The van der Waals surface area contributed by atoms with Crippen LogP contribution in [0.15, 0.2) is 78.9 Å². The number of hydrogen-bond donors (Lipinski definition) is 4. The maximum absolute atomic E-state index is 12.3. The van der Waals surface area contributed by atoms with Gasteiger partial charge in [0.2, 0.25) is 11.8 Å². The van der Waals surface area contributed by atoms with E-state index in [2.05, 4.69) is 29.4 Å². The van der Waals surface area contributed by atoms with E-state index in [1.54, 1.807) is 5.48 Å². The molecule has 41 heavy (non-hydrogen) atoms. The molecule has 0 aromatic heterocycles. The van der Waals surface area contributed by atoms with Gasteiger partial charge in [0, 0.05) is 43.6 Å². The number of hydroxylamine groups is 1. The molecule has 218 valence electrons. The molecule has 4 rings (SSSR count). The minimum atomic E-state index is -0.580. The van der Waals surface area contributed by atoms with E-state index >= 15 is 0 Å². The van der Waals surface area contributed by atoms with Crippen molar-refractivity contribution in [2.75, 3.05) is 18.9 Å². The maximum Gasteiger partial charge on any atom is 0.243 e. The number of aliphatic hydroxyl groups excluding tert-OH is 1. The van der Waals surface area contributed by atoms with Crippen molar-refractivity contribution >= 4 is 17.5 Å². The van der Waals surface area contributed by atoms with Crippen molar-refractivity contribution in [2.24, 2.45) is 0 Å². The smallest absolute Gasteiger partial charge is 0.243 e. The van der Waals surface area contributed by atoms with Gasteiger partial charge in [0.1, 0.15) is 0 Å². The van der Waals surface area contributed by atoms with E-state index in [1.165, 1.54) is 5.56 Å². The number of nitrogens with zero attached hydrogens (tertiary/aromatic N) is 1. The minimum absolute atomic E-state index is 0.00575. The van der Waals surface area contributed by atoms with E-state index in [0.717, 1.165) is 29.8 Å². The lowest BCUT2D eigenvalue weighted by Gasteiger charge is -2.38. The Labute approximate surface area is 241 Å². The molecule has 3 aromatic rings. The average molecular weight is 562 g/mol. The van der Waals surface area contributed by atoms with E-state index in [4.69, 9.17) is 14.7 Å². The SMILES string of the molecule is CN(Cc1ccccc1)C[C@H]1C[C@@H](c2ccc(CO)cc2)O[C@@H](c2ccc(NC(=O)CCCCC(=O)NO)cc2)O1. The second kappa shape index (κ2) is 15.4. The van der Waals surface area contributed by atoms with Gasteiger partial charge in [0.05, 0.1) is 18.8 Å². The number of ether oxygens (including phenoxy) is 2. The highest BCUT2D eigenvalue weighted by atomic mass is 16.7. The summed E-state index contributed by atoms with van der Waals surface area (Å²) in [5.74, 6) is -0.595. The van der Waals surface area contributed by atoms with Gasteiger partial charge in [0.15, 0.2) is 6.29 Å². The minimum Gasteiger partial charge on any atom is -0.392 e. The van der Waals surface area contributed by atoms with Crippen molar-refractivity contribution in [1.82, 2.24) is 10.4 Å². The molecule has 1 saturated heterocycles. The summed E-state index contributed by atoms with van der Waals surface area (Å²) >= 11 is 0. The fourth-order valence-corrected chi connectivity index (χ4v) is 4.91. The lowest BCUT2D eigenvalue weighted by molar-refractivity contribution is -0.252. The third-order valence-corrected chi connectivity index (χ3v) is 7.07. The Morgan fingerprint density at radius 3 is 2.17 bits per heavy atom. The lowest BCUT2D eigenvalue weighted by Crippen LogP contribution is -2.37. The molecule has 2 amide bonds. The first kappa shape index (κ1) is 30.4. The van der Waals surface area contributed by atoms with Gasteiger partial charge in [-0.05, 0) is 48.7 Å². The van der Waals surface area contributed by atoms with Crippen LogP contribution in [0.4, 0.5) is 5.69 Å². The Kier molecular flexibility index (Phi) is 11.4. The molecule has 9 nitrogen and oxygen atoms in total. The number of benzene rings is 3. The predicted molar refractivity (Wildman–Crippen MR) is 155 cm³/mol.